The third kappa shape index (κ3) is 14.0. The predicted molar refractivity (Wildman–Crippen MR) is 85.0 cm³/mol. The number of nitrogens with zero attached hydrogens (tertiary/aromatic N) is 2. The number of hydrogen-bond acceptors (Lipinski definition) is 2. The molecule has 0 aromatic carbocycles. The van der Waals surface area contributed by atoms with Crippen LogP contribution in [0.2, 0.25) is 0 Å². The van der Waals surface area contributed by atoms with Gasteiger partial charge in [0.15, 0.2) is 0 Å². The molecule has 4 nitrogen and oxygen atoms in total. The van der Waals surface area contributed by atoms with E-state index in [0.717, 1.165) is 16.0 Å². The van der Waals surface area contributed by atoms with Crippen molar-refractivity contribution in [1.29, 1.82) is 0 Å². The molecule has 2 aromatic heterocycles. The van der Waals surface area contributed by atoms with Gasteiger partial charge in [0.1, 0.15) is 0 Å². The molecule has 0 saturated heterocycles. The molecule has 0 fully saturated rings. The maximum Gasteiger partial charge on any atom is 0.239 e. The van der Waals surface area contributed by atoms with Crippen LogP contribution in [0.3, 0.4) is 0 Å². The number of hydrogen-bond donors (Lipinski definition) is 2. The van der Waals surface area contributed by atoms with Crippen LogP contribution in [0, 0.1) is 151 Å². The summed E-state index contributed by atoms with van der Waals surface area (Å²) in [5.74, 6) is 0. The van der Waals surface area contributed by atoms with Crippen LogP contribution in [0.15, 0.2) is 48.9 Å². The predicted octanol–water partition coefficient (Wildman–Crippen LogP) is 3.02. The molecule has 26 heavy (non-hydrogen) atoms. The molecule has 2 rings (SSSR count). The Morgan fingerprint density at radius 3 is 1.54 bits per heavy atom. The van der Waals surface area contributed by atoms with Crippen molar-refractivity contribution < 1.29 is 171 Å². The van der Waals surface area contributed by atoms with Crippen LogP contribution in [0.25, 0.3) is 0 Å². The summed E-state index contributed by atoms with van der Waals surface area (Å²) in [6.07, 6.45) is 4.97. The molecule has 0 aliphatic heterocycles. The van der Waals surface area contributed by atoms with Crippen molar-refractivity contribution in [3.63, 3.8) is 0 Å². The van der Waals surface area contributed by atoms with Gasteiger partial charge in [0.2, 0.25) is 24.3 Å². The van der Waals surface area contributed by atoms with Gasteiger partial charge < -0.3 is 0 Å². The molecule has 0 aliphatic carbocycles. The minimum atomic E-state index is -0.00396. The van der Waals surface area contributed by atoms with Crippen molar-refractivity contribution in [2.45, 2.75) is 52.4 Å². The van der Waals surface area contributed by atoms with Gasteiger partial charge in [0.05, 0.1) is 5.41 Å². The Kier molecular flexibility index (Phi) is 23.2. The zero-order valence-corrected chi connectivity index (χ0v) is 18.7. The topological polar surface area (TPSA) is 48.2 Å². The van der Waals surface area contributed by atoms with Crippen molar-refractivity contribution in [3.05, 3.63) is 60.2 Å². The van der Waals surface area contributed by atoms with E-state index in [9.17, 15) is 5.21 Å². The van der Waals surface area contributed by atoms with Gasteiger partial charge in [-0.1, -0.05) is 41.5 Å². The first-order chi connectivity index (χ1) is 10.0. The Hall–Kier alpha value is 2.94. The fraction of sp³-hybridized carbons (Fsp3) is 0.444. The molecule has 2 heterocycles. The van der Waals surface area contributed by atoms with E-state index in [1.165, 1.54) is 4.73 Å². The monoisotopic (exact) mass is 464 g/mol. The van der Waals surface area contributed by atoms with Gasteiger partial charge in [-0.3, -0.25) is 10.4 Å². The summed E-state index contributed by atoms with van der Waals surface area (Å²) in [7, 11) is 0. The van der Waals surface area contributed by atoms with Gasteiger partial charge in [-0.2, -0.15) is 0 Å². The number of pyridine rings is 2. The summed E-state index contributed by atoms with van der Waals surface area (Å²) >= 11 is 0. The smallest absolute Gasteiger partial charge is 0.239 e. The zero-order valence-electron chi connectivity index (χ0n) is 15.8. The molecular weight excluding hydrogens is 436 g/mol. The van der Waals surface area contributed by atoms with Crippen LogP contribution < -0.4 is 9.46 Å². The van der Waals surface area contributed by atoms with E-state index < -0.39 is 0 Å². The Bertz CT molecular complexity index is 627. The van der Waals surface area contributed by atoms with E-state index in [4.69, 9.17) is 5.21 Å². The molecule has 0 bridgehead atoms. The molecule has 0 atom stereocenters. The molecule has 0 amide bonds. The molecule has 0 aliphatic rings. The fourth-order valence-corrected chi connectivity index (χ4v) is 1.94. The van der Waals surface area contributed by atoms with Gasteiger partial charge in [-0.05, 0) is 17.5 Å². The standard InChI is InChI=1S/2C9H14NO.4Ar/c1-9(2,3)8-5-4-6-10(11)7-8;1-9(2,3)8-6-4-5-7-10(8)11;;;;/h2*4-7,11H,1-3H3;;;;/q2*+1;;;;. The van der Waals surface area contributed by atoms with Crippen LogP contribution >= 0.6 is 0 Å². The summed E-state index contributed by atoms with van der Waals surface area (Å²) in [5, 5.41) is 18.5. The van der Waals surface area contributed by atoms with Crippen molar-refractivity contribution >= 4 is 0 Å². The van der Waals surface area contributed by atoms with Crippen molar-refractivity contribution in [2.75, 3.05) is 0 Å². The molecule has 0 unspecified atom stereocenters. The normalized spacial score (nSPS) is 9.77. The van der Waals surface area contributed by atoms with Crippen LogP contribution in [-0.2, 0) is 10.8 Å². The maximum atomic E-state index is 9.36. The Balaban J connectivity index is -0.000000161. The van der Waals surface area contributed by atoms with Crippen LogP contribution in [0.5, 0.6) is 0 Å². The average Bonchev–Trinajstić information content (AvgIpc) is 2.37. The summed E-state index contributed by atoms with van der Waals surface area (Å²) in [4.78, 5) is 0. The second-order valence-electron chi connectivity index (χ2n) is 7.40. The van der Waals surface area contributed by atoms with Gasteiger partial charge in [-0.15, -0.1) is 0 Å². The van der Waals surface area contributed by atoms with E-state index in [2.05, 4.69) is 41.5 Å². The first-order valence-electron chi connectivity index (χ1n) is 7.43. The fourth-order valence-electron chi connectivity index (χ4n) is 1.94. The second-order valence-corrected chi connectivity index (χ2v) is 7.40. The van der Waals surface area contributed by atoms with Gasteiger partial charge in [0, 0.05) is 184 Å². The van der Waals surface area contributed by atoms with Gasteiger partial charge in [-0.25, -0.2) is 0 Å². The second kappa shape index (κ2) is 16.6. The number of rotatable bonds is 0. The first-order valence-corrected chi connectivity index (χ1v) is 7.43. The van der Waals surface area contributed by atoms with E-state index in [1.54, 1.807) is 24.7 Å². The first kappa shape index (κ1) is 36.3. The van der Waals surface area contributed by atoms with Crippen molar-refractivity contribution in [1.82, 2.24) is 0 Å². The quantitative estimate of drug-likeness (QED) is 0.466. The van der Waals surface area contributed by atoms with E-state index in [0.29, 0.717) is 0 Å². The zero-order chi connectivity index (χ0) is 17.0. The molecule has 0 spiro atoms. The minimum Gasteiger partial charge on any atom is -0.285 e. The third-order valence-electron chi connectivity index (χ3n) is 3.26. The molecule has 2 aromatic rings. The average molecular weight is 464 g/mol. The van der Waals surface area contributed by atoms with Gasteiger partial charge in [0.25, 0.3) is 0 Å². The molecule has 8 heteroatoms. The summed E-state index contributed by atoms with van der Waals surface area (Å²) in [5.41, 5.74) is 2.14. The van der Waals surface area contributed by atoms with Crippen LogP contribution in [0.4, 0.5) is 0 Å². The molecule has 2 N–H and O–H groups in total. The minimum absolute atomic E-state index is 0. The van der Waals surface area contributed by atoms with Crippen molar-refractivity contribution in [2.24, 2.45) is 0 Å². The van der Waals surface area contributed by atoms with E-state index in [1.807, 2.05) is 24.3 Å². The van der Waals surface area contributed by atoms with E-state index in [-0.39, 0.29) is 162 Å². The Morgan fingerprint density at radius 2 is 1.23 bits per heavy atom. The van der Waals surface area contributed by atoms with Gasteiger partial charge >= 0.3 is 0 Å². The Labute approximate surface area is 277 Å². The largest absolute Gasteiger partial charge is 0.285 e. The third-order valence-corrected chi connectivity index (χ3v) is 3.26. The molecule has 0 radical (unpaired) electrons. The molecular formula is C18H28Ar4N2O2+2. The summed E-state index contributed by atoms with van der Waals surface area (Å²) in [6.45, 7) is 12.5. The maximum absolute atomic E-state index is 9.36. The SMILES string of the molecule is CC(C)(C)c1ccc[n+](O)c1.CC(C)(C)c1cccc[n+]1O.[Ar].[Ar].[Ar].[Ar]. The molecule has 0 saturated carbocycles. The Morgan fingerprint density at radius 1 is 0.692 bits per heavy atom. The van der Waals surface area contributed by atoms with E-state index >= 15 is 0 Å². The summed E-state index contributed by atoms with van der Waals surface area (Å²) in [6, 6.07) is 9.48. The number of aromatic nitrogens is 2. The van der Waals surface area contributed by atoms with Crippen LogP contribution in [0.1, 0.15) is 52.8 Å². The molecule has 152 valence electrons. The van der Waals surface area contributed by atoms with Crippen LogP contribution in [-0.4, -0.2) is 10.4 Å². The summed E-state index contributed by atoms with van der Waals surface area (Å²) < 4.78 is 2.25. The van der Waals surface area contributed by atoms with Crippen molar-refractivity contribution in [3.8, 4) is 0 Å².